The monoisotopic (exact) mass is 396 g/mol. The minimum atomic E-state index is -0.208. The van der Waals surface area contributed by atoms with Crippen LogP contribution in [0.5, 0.6) is 11.5 Å². The first-order valence-electron chi connectivity index (χ1n) is 9.96. The summed E-state index contributed by atoms with van der Waals surface area (Å²) in [4.78, 5) is 24.6. The molecule has 3 rings (SSSR count). The van der Waals surface area contributed by atoms with Gasteiger partial charge in [-0.1, -0.05) is 24.3 Å². The number of methoxy groups -OCH3 is 1. The van der Waals surface area contributed by atoms with Crippen LogP contribution in [0.3, 0.4) is 0 Å². The maximum Gasteiger partial charge on any atom is 0.258 e. The lowest BCUT2D eigenvalue weighted by Gasteiger charge is -2.26. The Kier molecular flexibility index (Phi) is 6.75. The molecule has 1 aliphatic rings. The van der Waals surface area contributed by atoms with Gasteiger partial charge in [0.2, 0.25) is 0 Å². The summed E-state index contributed by atoms with van der Waals surface area (Å²) in [6, 6.07) is 13.3. The molecular weight excluding hydrogens is 368 g/mol. The van der Waals surface area contributed by atoms with E-state index in [1.54, 1.807) is 18.2 Å². The lowest BCUT2D eigenvalue weighted by molar-refractivity contribution is -0.123. The van der Waals surface area contributed by atoms with Crippen LogP contribution in [0.4, 0.5) is 0 Å². The number of hydrogen-bond acceptors (Lipinski definition) is 4. The summed E-state index contributed by atoms with van der Waals surface area (Å²) in [6.45, 7) is 3.66. The highest BCUT2D eigenvalue weighted by Crippen LogP contribution is 2.31. The molecule has 0 radical (unpaired) electrons. The van der Waals surface area contributed by atoms with Gasteiger partial charge in [0.15, 0.2) is 18.1 Å². The molecule has 0 saturated carbocycles. The quantitative estimate of drug-likeness (QED) is 0.752. The van der Waals surface area contributed by atoms with E-state index in [1.807, 2.05) is 26.0 Å². The zero-order valence-electron chi connectivity index (χ0n) is 17.2. The van der Waals surface area contributed by atoms with E-state index in [4.69, 9.17) is 9.47 Å². The number of carbonyl (C=O) groups is 2. The minimum absolute atomic E-state index is 0.00843. The van der Waals surface area contributed by atoms with Crippen LogP contribution in [0.15, 0.2) is 42.5 Å². The van der Waals surface area contributed by atoms with Crippen molar-refractivity contribution in [3.8, 4) is 11.5 Å². The SMILES string of the molecule is COc1cc(C(=O)N[C@@H]2CCCc3ccccc32)ccc1OCC(=O)NC(C)C. The molecule has 0 aromatic heterocycles. The Morgan fingerprint density at radius 3 is 2.69 bits per heavy atom. The van der Waals surface area contributed by atoms with E-state index >= 15 is 0 Å². The lowest BCUT2D eigenvalue weighted by Crippen LogP contribution is -2.34. The number of nitrogens with one attached hydrogen (secondary N) is 2. The first-order chi connectivity index (χ1) is 14.0. The largest absolute Gasteiger partial charge is 0.493 e. The van der Waals surface area contributed by atoms with Crippen LogP contribution < -0.4 is 20.1 Å². The predicted octanol–water partition coefficient (Wildman–Crippen LogP) is 3.41. The van der Waals surface area contributed by atoms with Crippen LogP contribution in [0.1, 0.15) is 54.2 Å². The summed E-state index contributed by atoms with van der Waals surface area (Å²) >= 11 is 0. The maximum atomic E-state index is 12.8. The van der Waals surface area contributed by atoms with E-state index in [1.165, 1.54) is 18.2 Å². The smallest absolute Gasteiger partial charge is 0.258 e. The van der Waals surface area contributed by atoms with Crippen molar-refractivity contribution < 1.29 is 19.1 Å². The van der Waals surface area contributed by atoms with Crippen LogP contribution in [0, 0.1) is 0 Å². The van der Waals surface area contributed by atoms with Crippen LogP contribution in [-0.4, -0.2) is 31.6 Å². The van der Waals surface area contributed by atoms with Crippen molar-refractivity contribution in [2.75, 3.05) is 13.7 Å². The lowest BCUT2D eigenvalue weighted by atomic mass is 9.87. The number of ether oxygens (including phenoxy) is 2. The van der Waals surface area contributed by atoms with Gasteiger partial charge in [-0.3, -0.25) is 9.59 Å². The third kappa shape index (κ3) is 5.28. The highest BCUT2D eigenvalue weighted by atomic mass is 16.5. The van der Waals surface area contributed by atoms with Gasteiger partial charge in [-0.25, -0.2) is 0 Å². The molecule has 1 aliphatic carbocycles. The van der Waals surface area contributed by atoms with Gasteiger partial charge in [-0.2, -0.15) is 0 Å². The van der Waals surface area contributed by atoms with Crippen molar-refractivity contribution in [1.29, 1.82) is 0 Å². The highest BCUT2D eigenvalue weighted by Gasteiger charge is 2.22. The van der Waals surface area contributed by atoms with Crippen LogP contribution in [0.2, 0.25) is 0 Å². The van der Waals surface area contributed by atoms with E-state index in [9.17, 15) is 9.59 Å². The molecule has 0 bridgehead atoms. The van der Waals surface area contributed by atoms with Crippen LogP contribution >= 0.6 is 0 Å². The molecule has 0 spiro atoms. The Bertz CT molecular complexity index is 879. The first-order valence-corrected chi connectivity index (χ1v) is 9.96. The van der Waals surface area contributed by atoms with Crippen molar-refractivity contribution in [1.82, 2.24) is 10.6 Å². The number of hydrogen-bond donors (Lipinski definition) is 2. The summed E-state index contributed by atoms with van der Waals surface area (Å²) in [5, 5.41) is 5.90. The molecule has 2 N–H and O–H groups in total. The number of aryl methyl sites for hydroxylation is 1. The van der Waals surface area contributed by atoms with E-state index in [0.29, 0.717) is 17.1 Å². The molecular formula is C23H28N2O4. The molecule has 29 heavy (non-hydrogen) atoms. The van der Waals surface area contributed by atoms with Gasteiger partial charge in [0, 0.05) is 11.6 Å². The molecule has 1 atom stereocenters. The van der Waals surface area contributed by atoms with Crippen molar-refractivity contribution in [3.63, 3.8) is 0 Å². The van der Waals surface area contributed by atoms with Gasteiger partial charge in [0.25, 0.3) is 11.8 Å². The Morgan fingerprint density at radius 1 is 1.14 bits per heavy atom. The fourth-order valence-electron chi connectivity index (χ4n) is 3.58. The van der Waals surface area contributed by atoms with E-state index < -0.39 is 0 Å². The van der Waals surface area contributed by atoms with E-state index in [0.717, 1.165) is 19.3 Å². The van der Waals surface area contributed by atoms with Gasteiger partial charge in [0.1, 0.15) is 0 Å². The molecule has 0 saturated heterocycles. The van der Waals surface area contributed by atoms with Crippen molar-refractivity contribution in [2.45, 2.75) is 45.2 Å². The predicted molar refractivity (Wildman–Crippen MR) is 111 cm³/mol. The third-order valence-electron chi connectivity index (χ3n) is 4.91. The fraction of sp³-hybridized carbons (Fsp3) is 0.391. The normalized spacial score (nSPS) is 15.4. The molecule has 0 heterocycles. The Hall–Kier alpha value is -3.02. The zero-order chi connectivity index (χ0) is 20.8. The van der Waals surface area contributed by atoms with Crippen LogP contribution in [-0.2, 0) is 11.2 Å². The van der Waals surface area contributed by atoms with Gasteiger partial charge >= 0.3 is 0 Å². The zero-order valence-corrected chi connectivity index (χ0v) is 17.2. The van der Waals surface area contributed by atoms with Gasteiger partial charge < -0.3 is 20.1 Å². The molecule has 2 aromatic rings. The number of amides is 2. The number of rotatable bonds is 7. The second-order valence-electron chi connectivity index (χ2n) is 7.49. The topological polar surface area (TPSA) is 76.7 Å². The second kappa shape index (κ2) is 9.45. The highest BCUT2D eigenvalue weighted by molar-refractivity contribution is 5.95. The van der Waals surface area contributed by atoms with Crippen LogP contribution in [0.25, 0.3) is 0 Å². The Morgan fingerprint density at radius 2 is 1.93 bits per heavy atom. The molecule has 2 aromatic carbocycles. The Balaban J connectivity index is 1.68. The second-order valence-corrected chi connectivity index (χ2v) is 7.49. The molecule has 154 valence electrons. The van der Waals surface area contributed by atoms with Crippen molar-refractivity contribution >= 4 is 11.8 Å². The average Bonchev–Trinajstić information content (AvgIpc) is 2.72. The summed E-state index contributed by atoms with van der Waals surface area (Å²) in [5.41, 5.74) is 2.98. The Labute approximate surface area is 171 Å². The molecule has 6 heteroatoms. The molecule has 2 amide bonds. The molecule has 0 unspecified atom stereocenters. The summed E-state index contributed by atoms with van der Waals surface area (Å²) in [7, 11) is 1.51. The van der Waals surface area contributed by atoms with Gasteiger partial charge in [-0.15, -0.1) is 0 Å². The van der Waals surface area contributed by atoms with Gasteiger partial charge in [-0.05, 0) is 62.4 Å². The van der Waals surface area contributed by atoms with E-state index in [2.05, 4.69) is 22.8 Å². The average molecular weight is 396 g/mol. The van der Waals surface area contributed by atoms with Gasteiger partial charge in [0.05, 0.1) is 13.2 Å². The fourth-order valence-corrected chi connectivity index (χ4v) is 3.58. The molecule has 0 fully saturated rings. The van der Waals surface area contributed by atoms with Crippen molar-refractivity contribution in [3.05, 3.63) is 59.2 Å². The summed E-state index contributed by atoms with van der Waals surface area (Å²) in [5.74, 6) is 0.471. The first kappa shape index (κ1) is 20.7. The molecule has 0 aliphatic heterocycles. The summed E-state index contributed by atoms with van der Waals surface area (Å²) < 4.78 is 10.9. The number of carbonyl (C=O) groups excluding carboxylic acids is 2. The molecule has 6 nitrogen and oxygen atoms in total. The number of fused-ring (bicyclic) bond motifs is 1. The minimum Gasteiger partial charge on any atom is -0.493 e. The number of benzene rings is 2. The maximum absolute atomic E-state index is 12.8. The standard InChI is InChI=1S/C23H28N2O4/c1-15(2)24-22(26)14-29-20-12-11-17(13-21(20)28-3)23(27)25-19-10-6-8-16-7-4-5-9-18(16)19/h4-5,7,9,11-13,15,19H,6,8,10,14H2,1-3H3,(H,24,26)(H,25,27)/t19-/m1/s1. The van der Waals surface area contributed by atoms with E-state index in [-0.39, 0.29) is 30.5 Å². The third-order valence-corrected chi connectivity index (χ3v) is 4.91. The van der Waals surface area contributed by atoms with Crippen molar-refractivity contribution in [2.24, 2.45) is 0 Å². The summed E-state index contributed by atoms with van der Waals surface area (Å²) in [6.07, 6.45) is 3.02.